The molecule has 3 aromatic rings. The zero-order valence-electron chi connectivity index (χ0n) is 25.2. The van der Waals surface area contributed by atoms with E-state index in [9.17, 15) is 22.0 Å². The van der Waals surface area contributed by atoms with E-state index in [-0.39, 0.29) is 36.3 Å². The Morgan fingerprint density at radius 3 is 2.65 bits per heavy atom. The van der Waals surface area contributed by atoms with Gasteiger partial charge in [-0.15, -0.1) is 0 Å². The Balaban J connectivity index is 1.33. The topological polar surface area (TPSA) is 105 Å². The number of hydrogen-bond acceptors (Lipinski definition) is 9. The standard InChI is InChI=1S/C31H34F6N8O/c1-14-21(31(35,36)37)25(41-27(38)22(14)33)26-23(34)24-20-18(40-26)4-2-5-19-17-7-6-16(39-17)12-45(19)28(20)43-29(42-24)46-13-30-8-3-9-44(30)11-15(32)10-30/h15-17,19,39H,2-13H2,1H3,(H2,38,41)/t15-,16-,17+,19-,30+/m1/s1. The maximum Gasteiger partial charge on any atom is 0.418 e. The van der Waals surface area contributed by atoms with Crippen molar-refractivity contribution >= 4 is 22.5 Å². The number of nitrogens with zero attached hydrogens (tertiary/aromatic N) is 6. The number of aromatic nitrogens is 4. The summed E-state index contributed by atoms with van der Waals surface area (Å²) in [5.41, 5.74) is 1.36. The Morgan fingerprint density at radius 2 is 1.85 bits per heavy atom. The maximum atomic E-state index is 16.8. The molecule has 8 rings (SSSR count). The summed E-state index contributed by atoms with van der Waals surface area (Å²) in [7, 11) is 0. The summed E-state index contributed by atoms with van der Waals surface area (Å²) >= 11 is 0. The molecule has 4 saturated heterocycles. The Morgan fingerprint density at radius 1 is 1.02 bits per heavy atom. The van der Waals surface area contributed by atoms with Gasteiger partial charge in [0.05, 0.1) is 22.2 Å². The van der Waals surface area contributed by atoms with Gasteiger partial charge in [0, 0.05) is 43.2 Å². The minimum Gasteiger partial charge on any atom is -0.461 e. The van der Waals surface area contributed by atoms with Crippen LogP contribution in [0.4, 0.5) is 38.0 Å². The molecule has 5 aliphatic heterocycles. The van der Waals surface area contributed by atoms with Gasteiger partial charge < -0.3 is 20.7 Å². The fourth-order valence-corrected chi connectivity index (χ4v) is 8.65. The van der Waals surface area contributed by atoms with Crippen molar-refractivity contribution in [2.45, 2.75) is 94.3 Å². The van der Waals surface area contributed by atoms with Crippen LogP contribution in [0.2, 0.25) is 0 Å². The van der Waals surface area contributed by atoms with Crippen LogP contribution in [-0.2, 0) is 12.6 Å². The van der Waals surface area contributed by atoms with Gasteiger partial charge in [0.2, 0.25) is 0 Å². The summed E-state index contributed by atoms with van der Waals surface area (Å²) < 4.78 is 95.1. The van der Waals surface area contributed by atoms with Gasteiger partial charge in [-0.25, -0.2) is 23.1 Å². The van der Waals surface area contributed by atoms with Crippen LogP contribution in [0.15, 0.2) is 0 Å². The van der Waals surface area contributed by atoms with Crippen molar-refractivity contribution in [2.24, 2.45) is 0 Å². The maximum absolute atomic E-state index is 16.8. The van der Waals surface area contributed by atoms with E-state index in [4.69, 9.17) is 15.5 Å². The highest BCUT2D eigenvalue weighted by Crippen LogP contribution is 2.45. The van der Waals surface area contributed by atoms with Crippen LogP contribution in [0.5, 0.6) is 6.01 Å². The van der Waals surface area contributed by atoms with Crippen LogP contribution in [0.3, 0.4) is 0 Å². The van der Waals surface area contributed by atoms with Gasteiger partial charge in [-0.2, -0.15) is 23.1 Å². The molecular weight excluding hydrogens is 614 g/mol. The summed E-state index contributed by atoms with van der Waals surface area (Å²) in [5.74, 6) is -2.85. The molecule has 3 N–H and O–H groups in total. The zero-order chi connectivity index (χ0) is 32.1. The Labute approximate surface area is 260 Å². The minimum absolute atomic E-state index is 0.0599. The van der Waals surface area contributed by atoms with Crippen LogP contribution in [0, 0.1) is 18.6 Å². The molecule has 0 radical (unpaired) electrons. The number of nitrogens with one attached hydrogen (secondary N) is 1. The second kappa shape index (κ2) is 10.5. The summed E-state index contributed by atoms with van der Waals surface area (Å²) in [6.45, 7) is 2.69. The first-order valence-electron chi connectivity index (χ1n) is 15.9. The lowest BCUT2D eigenvalue weighted by molar-refractivity contribution is -0.137. The molecule has 246 valence electrons. The highest BCUT2D eigenvalue weighted by molar-refractivity contribution is 5.95. The van der Waals surface area contributed by atoms with Gasteiger partial charge in [-0.1, -0.05) is 0 Å². The molecule has 5 aliphatic rings. The van der Waals surface area contributed by atoms with E-state index in [2.05, 4.69) is 30.1 Å². The first kappa shape index (κ1) is 29.9. The molecular formula is C31H34F6N8O. The lowest BCUT2D eigenvalue weighted by Crippen LogP contribution is -2.58. The number of halogens is 6. The van der Waals surface area contributed by atoms with Gasteiger partial charge in [0.15, 0.2) is 17.5 Å². The van der Waals surface area contributed by atoms with Gasteiger partial charge >= 0.3 is 12.2 Å². The average molecular weight is 649 g/mol. The fourth-order valence-electron chi connectivity index (χ4n) is 8.65. The number of nitrogen functional groups attached to an aromatic ring is 1. The van der Waals surface area contributed by atoms with Crippen LogP contribution < -0.4 is 20.7 Å². The number of alkyl halides is 4. The van der Waals surface area contributed by atoms with E-state index in [1.54, 1.807) is 0 Å². The second-order valence-electron chi connectivity index (χ2n) is 13.5. The number of piperazine rings is 1. The number of anilines is 2. The smallest absolute Gasteiger partial charge is 0.418 e. The van der Waals surface area contributed by atoms with Crippen molar-refractivity contribution in [1.29, 1.82) is 0 Å². The number of nitrogens with two attached hydrogens (primary N) is 1. The Hall–Kier alpha value is -3.46. The van der Waals surface area contributed by atoms with Gasteiger partial charge in [0.1, 0.15) is 35.5 Å². The van der Waals surface area contributed by atoms with E-state index < -0.39 is 57.9 Å². The fraction of sp³-hybridized carbons (Fsp3) is 0.613. The van der Waals surface area contributed by atoms with Crippen molar-refractivity contribution in [3.05, 3.63) is 28.5 Å². The first-order chi connectivity index (χ1) is 21.9. The predicted octanol–water partition coefficient (Wildman–Crippen LogP) is 4.88. The molecule has 46 heavy (non-hydrogen) atoms. The third-order valence-electron chi connectivity index (χ3n) is 10.7. The number of pyridine rings is 2. The summed E-state index contributed by atoms with van der Waals surface area (Å²) in [4.78, 5) is 21.6. The van der Waals surface area contributed by atoms with Crippen LogP contribution in [0.1, 0.15) is 61.8 Å². The lowest BCUT2D eigenvalue weighted by Gasteiger charge is -2.43. The second-order valence-corrected chi connectivity index (χ2v) is 13.5. The van der Waals surface area contributed by atoms with Gasteiger partial charge in [-0.05, 0) is 58.4 Å². The molecule has 4 fully saturated rings. The predicted molar refractivity (Wildman–Crippen MR) is 157 cm³/mol. The summed E-state index contributed by atoms with van der Waals surface area (Å²) in [6, 6.07) is 0.327. The highest BCUT2D eigenvalue weighted by atomic mass is 19.4. The van der Waals surface area contributed by atoms with Crippen molar-refractivity contribution in [2.75, 3.05) is 36.9 Å². The lowest BCUT2D eigenvalue weighted by atomic mass is 9.93. The van der Waals surface area contributed by atoms with E-state index >= 15 is 4.39 Å². The number of rotatable bonds is 4. The normalized spacial score (nSPS) is 29.2. The largest absolute Gasteiger partial charge is 0.461 e. The summed E-state index contributed by atoms with van der Waals surface area (Å²) in [6.07, 6.45) is -0.428. The molecule has 2 bridgehead atoms. The molecule has 0 spiro atoms. The number of fused-ring (bicyclic) bond motifs is 6. The number of ether oxygens (including phenoxy) is 1. The average Bonchev–Trinajstić information content (AvgIpc) is 3.66. The van der Waals surface area contributed by atoms with E-state index in [0.29, 0.717) is 49.2 Å². The van der Waals surface area contributed by atoms with Gasteiger partial charge in [-0.3, -0.25) is 4.90 Å². The molecule has 0 amide bonds. The molecule has 0 aliphatic carbocycles. The molecule has 8 heterocycles. The van der Waals surface area contributed by atoms with Gasteiger partial charge in [0.25, 0.3) is 0 Å². The molecule has 0 unspecified atom stereocenters. The zero-order valence-corrected chi connectivity index (χ0v) is 25.2. The molecule has 3 aromatic heterocycles. The SMILES string of the molecule is Cc1c(F)c(N)nc(-c2nc3c4c(nc(OC[C@@]56CCCN5C[C@H](F)C6)nc4c2F)N2C[C@H]4CC[C@H](N4)[C@H]2CCC3)c1C(F)(F)F. The van der Waals surface area contributed by atoms with Crippen molar-refractivity contribution in [1.82, 2.24) is 30.2 Å². The Bertz CT molecular complexity index is 1740. The quantitative estimate of drug-likeness (QED) is 0.384. The highest BCUT2D eigenvalue weighted by Gasteiger charge is 2.50. The van der Waals surface area contributed by atoms with Crippen LogP contribution in [-0.4, -0.2) is 80.9 Å². The van der Waals surface area contributed by atoms with Crippen LogP contribution >= 0.6 is 0 Å². The molecule has 0 aromatic carbocycles. The van der Waals surface area contributed by atoms with E-state index in [0.717, 1.165) is 45.6 Å². The monoisotopic (exact) mass is 648 g/mol. The number of aryl methyl sites for hydroxylation is 1. The minimum atomic E-state index is -5.07. The molecule has 15 heteroatoms. The van der Waals surface area contributed by atoms with Crippen molar-refractivity contribution < 1.29 is 31.1 Å². The third-order valence-corrected chi connectivity index (χ3v) is 10.7. The Kier molecular flexibility index (Phi) is 6.84. The third kappa shape index (κ3) is 4.59. The molecule has 5 atom stereocenters. The van der Waals surface area contributed by atoms with Crippen molar-refractivity contribution in [3.8, 4) is 17.4 Å². The first-order valence-corrected chi connectivity index (χ1v) is 15.9. The van der Waals surface area contributed by atoms with E-state index in [1.807, 2.05) is 0 Å². The van der Waals surface area contributed by atoms with E-state index in [1.165, 1.54) is 0 Å². The summed E-state index contributed by atoms with van der Waals surface area (Å²) in [5, 5.41) is 3.98. The number of hydrogen-bond donors (Lipinski definition) is 2. The van der Waals surface area contributed by atoms with Crippen LogP contribution in [0.25, 0.3) is 22.3 Å². The molecule has 0 saturated carbocycles. The van der Waals surface area contributed by atoms with Crippen molar-refractivity contribution in [3.63, 3.8) is 0 Å². The molecule has 9 nitrogen and oxygen atoms in total.